The number of aromatic nitrogens is 1. The predicted molar refractivity (Wildman–Crippen MR) is 78.4 cm³/mol. The highest BCUT2D eigenvalue weighted by molar-refractivity contribution is 5.13. The van der Waals surface area contributed by atoms with E-state index in [-0.39, 0.29) is 11.5 Å². The van der Waals surface area contributed by atoms with Gasteiger partial charge in [-0.1, -0.05) is 25.3 Å². The van der Waals surface area contributed by atoms with Crippen LogP contribution in [0, 0.1) is 12.8 Å². The zero-order chi connectivity index (χ0) is 14.0. The Hall–Kier alpha value is -0.930. The van der Waals surface area contributed by atoms with E-state index in [1.54, 1.807) is 0 Å². The number of hydrogen-bond donors (Lipinski definition) is 1. The Balaban J connectivity index is 1.73. The van der Waals surface area contributed by atoms with Crippen LogP contribution in [0.25, 0.3) is 0 Å². The van der Waals surface area contributed by atoms with E-state index in [2.05, 4.69) is 4.98 Å². The number of ether oxygens (including phenoxy) is 1. The maximum absolute atomic E-state index is 10.7. The molecule has 1 saturated heterocycles. The molecule has 2 heterocycles. The molecule has 1 spiro atoms. The minimum Gasteiger partial charge on any atom is -0.387 e. The molecule has 0 bridgehead atoms. The van der Waals surface area contributed by atoms with Crippen LogP contribution in [-0.2, 0) is 4.74 Å². The Morgan fingerprint density at radius 1 is 1.30 bits per heavy atom. The van der Waals surface area contributed by atoms with E-state index in [1.165, 1.54) is 19.3 Å². The van der Waals surface area contributed by atoms with E-state index in [9.17, 15) is 5.11 Å². The van der Waals surface area contributed by atoms with E-state index in [0.29, 0.717) is 0 Å². The molecule has 2 atom stereocenters. The van der Waals surface area contributed by atoms with Gasteiger partial charge >= 0.3 is 0 Å². The third kappa shape index (κ3) is 2.89. The van der Waals surface area contributed by atoms with Crippen molar-refractivity contribution in [2.24, 2.45) is 5.92 Å². The Bertz CT molecular complexity index is 449. The first-order valence-electron chi connectivity index (χ1n) is 7.94. The SMILES string of the molecule is Cc1cccc(C(O)C2CCOC3(CCCCC3)C2)n1. The Morgan fingerprint density at radius 2 is 2.10 bits per heavy atom. The van der Waals surface area contributed by atoms with Gasteiger partial charge in [0, 0.05) is 12.3 Å². The number of aliphatic hydroxyl groups is 1. The summed E-state index contributed by atoms with van der Waals surface area (Å²) in [6.07, 6.45) is 7.68. The highest BCUT2D eigenvalue weighted by Gasteiger charge is 2.40. The van der Waals surface area contributed by atoms with Gasteiger partial charge in [0.05, 0.1) is 17.4 Å². The molecule has 0 aromatic carbocycles. The second-order valence-electron chi connectivity index (χ2n) is 6.49. The van der Waals surface area contributed by atoms with Crippen LogP contribution in [0.4, 0.5) is 0 Å². The van der Waals surface area contributed by atoms with Crippen molar-refractivity contribution in [2.75, 3.05) is 6.61 Å². The lowest BCUT2D eigenvalue weighted by Gasteiger charge is -2.44. The monoisotopic (exact) mass is 275 g/mol. The normalized spacial score (nSPS) is 27.4. The largest absolute Gasteiger partial charge is 0.387 e. The van der Waals surface area contributed by atoms with Crippen molar-refractivity contribution < 1.29 is 9.84 Å². The van der Waals surface area contributed by atoms with Gasteiger partial charge in [0.1, 0.15) is 0 Å². The van der Waals surface area contributed by atoms with Gasteiger partial charge in [-0.05, 0) is 50.7 Å². The van der Waals surface area contributed by atoms with Gasteiger partial charge in [-0.25, -0.2) is 0 Å². The summed E-state index contributed by atoms with van der Waals surface area (Å²) in [6, 6.07) is 5.90. The topological polar surface area (TPSA) is 42.4 Å². The first kappa shape index (κ1) is 14.0. The molecule has 0 radical (unpaired) electrons. The predicted octanol–water partition coefficient (Wildman–Crippen LogP) is 3.55. The molecule has 1 aliphatic heterocycles. The molecule has 20 heavy (non-hydrogen) atoms. The smallest absolute Gasteiger partial charge is 0.0989 e. The van der Waals surface area contributed by atoms with E-state index in [0.717, 1.165) is 43.7 Å². The summed E-state index contributed by atoms with van der Waals surface area (Å²) in [5.74, 6) is 0.288. The molecular formula is C17H25NO2. The van der Waals surface area contributed by atoms with Crippen LogP contribution in [0.2, 0.25) is 0 Å². The lowest BCUT2D eigenvalue weighted by atomic mass is 9.74. The molecule has 2 unspecified atom stereocenters. The third-order valence-corrected chi connectivity index (χ3v) is 4.96. The van der Waals surface area contributed by atoms with Crippen molar-refractivity contribution in [3.05, 3.63) is 29.6 Å². The minimum atomic E-state index is -0.447. The standard InChI is InChI=1S/C17H25NO2/c1-13-6-5-7-15(18-13)16(19)14-8-11-20-17(12-14)9-3-2-4-10-17/h5-7,14,16,19H,2-4,8-12H2,1H3. The molecule has 3 rings (SSSR count). The maximum Gasteiger partial charge on any atom is 0.0989 e. The van der Waals surface area contributed by atoms with Crippen LogP contribution in [0.3, 0.4) is 0 Å². The van der Waals surface area contributed by atoms with E-state index in [1.807, 2.05) is 25.1 Å². The van der Waals surface area contributed by atoms with E-state index in [4.69, 9.17) is 4.74 Å². The van der Waals surface area contributed by atoms with Crippen molar-refractivity contribution in [2.45, 2.75) is 63.6 Å². The summed E-state index contributed by atoms with van der Waals surface area (Å²) in [5, 5.41) is 10.7. The van der Waals surface area contributed by atoms with Gasteiger partial charge in [0.25, 0.3) is 0 Å². The summed E-state index contributed by atoms with van der Waals surface area (Å²) in [4.78, 5) is 4.49. The van der Waals surface area contributed by atoms with Gasteiger partial charge in [-0.15, -0.1) is 0 Å². The summed E-state index contributed by atoms with van der Waals surface area (Å²) < 4.78 is 6.11. The Labute approximate surface area is 121 Å². The molecule has 3 nitrogen and oxygen atoms in total. The van der Waals surface area contributed by atoms with Gasteiger partial charge in [0.2, 0.25) is 0 Å². The summed E-state index contributed by atoms with van der Waals surface area (Å²) in [6.45, 7) is 2.76. The Kier molecular flexibility index (Phi) is 4.08. The van der Waals surface area contributed by atoms with Crippen LogP contribution in [-0.4, -0.2) is 22.3 Å². The number of rotatable bonds is 2. The van der Waals surface area contributed by atoms with Crippen molar-refractivity contribution in [1.29, 1.82) is 0 Å². The van der Waals surface area contributed by atoms with Crippen molar-refractivity contribution >= 4 is 0 Å². The van der Waals surface area contributed by atoms with Crippen molar-refractivity contribution in [3.8, 4) is 0 Å². The average molecular weight is 275 g/mol. The summed E-state index contributed by atoms with van der Waals surface area (Å²) in [7, 11) is 0. The molecule has 110 valence electrons. The maximum atomic E-state index is 10.7. The molecule has 1 N–H and O–H groups in total. The number of nitrogens with zero attached hydrogens (tertiary/aromatic N) is 1. The van der Waals surface area contributed by atoms with Crippen LogP contribution >= 0.6 is 0 Å². The number of hydrogen-bond acceptors (Lipinski definition) is 3. The van der Waals surface area contributed by atoms with Gasteiger partial charge in [0.15, 0.2) is 0 Å². The molecular weight excluding hydrogens is 250 g/mol. The molecule has 2 fully saturated rings. The molecule has 2 aliphatic rings. The number of pyridine rings is 1. The number of aliphatic hydroxyl groups excluding tert-OH is 1. The fourth-order valence-electron chi connectivity index (χ4n) is 3.85. The molecule has 1 saturated carbocycles. The fraction of sp³-hybridized carbons (Fsp3) is 0.706. The molecule has 1 aromatic rings. The van der Waals surface area contributed by atoms with Crippen LogP contribution in [0.1, 0.15) is 62.4 Å². The zero-order valence-corrected chi connectivity index (χ0v) is 12.3. The van der Waals surface area contributed by atoms with Crippen LogP contribution < -0.4 is 0 Å². The first-order chi connectivity index (χ1) is 9.69. The van der Waals surface area contributed by atoms with Gasteiger partial charge < -0.3 is 9.84 Å². The van der Waals surface area contributed by atoms with Crippen LogP contribution in [0.15, 0.2) is 18.2 Å². The van der Waals surface area contributed by atoms with E-state index >= 15 is 0 Å². The van der Waals surface area contributed by atoms with Crippen LogP contribution in [0.5, 0.6) is 0 Å². The molecule has 0 amide bonds. The fourth-order valence-corrected chi connectivity index (χ4v) is 3.85. The summed E-state index contributed by atoms with van der Waals surface area (Å²) in [5.41, 5.74) is 1.84. The van der Waals surface area contributed by atoms with Gasteiger partial charge in [-0.2, -0.15) is 0 Å². The molecule has 3 heteroatoms. The lowest BCUT2D eigenvalue weighted by Crippen LogP contribution is -2.42. The molecule has 1 aromatic heterocycles. The highest BCUT2D eigenvalue weighted by Crippen LogP contribution is 2.43. The lowest BCUT2D eigenvalue weighted by molar-refractivity contribution is -0.134. The summed E-state index contributed by atoms with van der Waals surface area (Å²) >= 11 is 0. The van der Waals surface area contributed by atoms with Crippen molar-refractivity contribution in [3.63, 3.8) is 0 Å². The quantitative estimate of drug-likeness (QED) is 0.897. The van der Waals surface area contributed by atoms with Gasteiger partial charge in [-0.3, -0.25) is 4.98 Å². The Morgan fingerprint density at radius 3 is 2.85 bits per heavy atom. The van der Waals surface area contributed by atoms with E-state index < -0.39 is 6.10 Å². The number of aryl methyl sites for hydroxylation is 1. The average Bonchev–Trinajstić information content (AvgIpc) is 2.47. The second kappa shape index (κ2) is 5.82. The zero-order valence-electron chi connectivity index (χ0n) is 12.3. The molecule has 1 aliphatic carbocycles. The highest BCUT2D eigenvalue weighted by atomic mass is 16.5. The first-order valence-corrected chi connectivity index (χ1v) is 7.94. The minimum absolute atomic E-state index is 0.0476. The van der Waals surface area contributed by atoms with Crippen molar-refractivity contribution in [1.82, 2.24) is 4.98 Å². The third-order valence-electron chi connectivity index (χ3n) is 4.96. The second-order valence-corrected chi connectivity index (χ2v) is 6.49.